The number of rotatable bonds is 7. The molecule has 0 aliphatic carbocycles. The lowest BCUT2D eigenvalue weighted by Gasteiger charge is -2.07. The van der Waals surface area contributed by atoms with Crippen molar-refractivity contribution in [1.29, 1.82) is 0 Å². The predicted octanol–water partition coefficient (Wildman–Crippen LogP) is 2.79. The number of carbonyl (C=O) groups is 1. The Morgan fingerprint density at radius 2 is 2.06 bits per heavy atom. The molecular formula is C14H23N3O. The minimum absolute atomic E-state index is 0.117. The SMILES string of the molecule is CCC(=CC(=O)Cc1ncnn1CC(C)C)CC. The Morgan fingerprint density at radius 3 is 2.61 bits per heavy atom. The molecule has 100 valence electrons. The van der Waals surface area contributed by atoms with Gasteiger partial charge in [0.2, 0.25) is 0 Å². The first-order valence-corrected chi connectivity index (χ1v) is 6.65. The zero-order valence-corrected chi connectivity index (χ0v) is 11.8. The van der Waals surface area contributed by atoms with E-state index in [4.69, 9.17) is 0 Å². The van der Waals surface area contributed by atoms with Gasteiger partial charge >= 0.3 is 0 Å². The van der Waals surface area contributed by atoms with Crippen molar-refractivity contribution in [3.05, 3.63) is 23.8 Å². The maximum absolute atomic E-state index is 11.9. The third-order valence-corrected chi connectivity index (χ3v) is 2.84. The lowest BCUT2D eigenvalue weighted by atomic mass is 10.1. The van der Waals surface area contributed by atoms with E-state index < -0.39 is 0 Å². The second-order valence-corrected chi connectivity index (χ2v) is 4.91. The molecule has 0 aliphatic rings. The minimum Gasteiger partial charge on any atom is -0.294 e. The van der Waals surface area contributed by atoms with Crippen LogP contribution in [0.1, 0.15) is 46.4 Å². The molecule has 0 spiro atoms. The van der Waals surface area contributed by atoms with Crippen molar-refractivity contribution in [2.75, 3.05) is 0 Å². The highest BCUT2D eigenvalue weighted by molar-refractivity contribution is 5.91. The van der Waals surface area contributed by atoms with Gasteiger partial charge in [-0.2, -0.15) is 5.10 Å². The molecule has 1 aromatic heterocycles. The van der Waals surface area contributed by atoms with Gasteiger partial charge < -0.3 is 0 Å². The van der Waals surface area contributed by atoms with E-state index >= 15 is 0 Å². The van der Waals surface area contributed by atoms with Crippen molar-refractivity contribution in [1.82, 2.24) is 14.8 Å². The van der Waals surface area contributed by atoms with Gasteiger partial charge in [0.05, 0.1) is 6.42 Å². The molecule has 4 heteroatoms. The Morgan fingerprint density at radius 1 is 1.39 bits per heavy atom. The van der Waals surface area contributed by atoms with Crippen LogP contribution in [0.4, 0.5) is 0 Å². The second kappa shape index (κ2) is 7.09. The van der Waals surface area contributed by atoms with Gasteiger partial charge in [0.15, 0.2) is 5.78 Å². The fraction of sp³-hybridized carbons (Fsp3) is 0.643. The van der Waals surface area contributed by atoms with Crippen LogP contribution in [-0.2, 0) is 17.8 Å². The van der Waals surface area contributed by atoms with Crippen LogP contribution in [-0.4, -0.2) is 20.5 Å². The molecule has 0 saturated heterocycles. The van der Waals surface area contributed by atoms with Crippen molar-refractivity contribution in [3.63, 3.8) is 0 Å². The van der Waals surface area contributed by atoms with Crippen LogP contribution in [0, 0.1) is 5.92 Å². The van der Waals surface area contributed by atoms with Crippen molar-refractivity contribution in [2.45, 2.75) is 53.5 Å². The molecule has 4 nitrogen and oxygen atoms in total. The summed E-state index contributed by atoms with van der Waals surface area (Å²) in [5.41, 5.74) is 1.19. The van der Waals surface area contributed by atoms with Gasteiger partial charge in [-0.1, -0.05) is 33.3 Å². The molecular weight excluding hydrogens is 226 g/mol. The maximum atomic E-state index is 11.9. The zero-order chi connectivity index (χ0) is 13.5. The van der Waals surface area contributed by atoms with Crippen molar-refractivity contribution < 1.29 is 4.79 Å². The minimum atomic E-state index is 0.117. The van der Waals surface area contributed by atoms with Gasteiger partial charge in [-0.25, -0.2) is 9.67 Å². The van der Waals surface area contributed by atoms with Gasteiger partial charge in [-0.05, 0) is 24.8 Å². The molecule has 1 rings (SSSR count). The fourth-order valence-electron chi connectivity index (χ4n) is 1.81. The third-order valence-electron chi connectivity index (χ3n) is 2.84. The first-order chi connectivity index (χ1) is 8.56. The van der Waals surface area contributed by atoms with Gasteiger partial charge in [0.1, 0.15) is 12.2 Å². The van der Waals surface area contributed by atoms with E-state index in [9.17, 15) is 4.79 Å². The standard InChI is InChI=1S/C14H23N3O/c1-5-12(6-2)7-13(18)8-14-15-10-16-17(14)9-11(3)4/h7,10-11H,5-6,8-9H2,1-4H3. The van der Waals surface area contributed by atoms with Crippen molar-refractivity contribution >= 4 is 5.78 Å². The average molecular weight is 249 g/mol. The molecule has 0 aliphatic heterocycles. The summed E-state index contributed by atoms with van der Waals surface area (Å²) in [6, 6.07) is 0. The van der Waals surface area contributed by atoms with Gasteiger partial charge in [-0.15, -0.1) is 0 Å². The molecule has 1 aromatic rings. The van der Waals surface area contributed by atoms with Crippen molar-refractivity contribution in [3.8, 4) is 0 Å². The molecule has 0 fully saturated rings. The van der Waals surface area contributed by atoms with Crippen LogP contribution < -0.4 is 0 Å². The van der Waals surface area contributed by atoms with E-state index in [1.54, 1.807) is 6.08 Å². The topological polar surface area (TPSA) is 47.8 Å². The number of carbonyl (C=O) groups excluding carboxylic acids is 1. The van der Waals surface area contributed by atoms with Crippen LogP contribution in [0.3, 0.4) is 0 Å². The number of hydrogen-bond acceptors (Lipinski definition) is 3. The van der Waals surface area contributed by atoms with E-state index in [1.165, 1.54) is 11.9 Å². The summed E-state index contributed by atoms with van der Waals surface area (Å²) < 4.78 is 1.83. The fourth-order valence-corrected chi connectivity index (χ4v) is 1.81. The molecule has 0 unspecified atom stereocenters. The Labute approximate surface area is 109 Å². The number of ketones is 1. The first-order valence-electron chi connectivity index (χ1n) is 6.65. The van der Waals surface area contributed by atoms with E-state index in [2.05, 4.69) is 37.8 Å². The highest BCUT2D eigenvalue weighted by Gasteiger charge is 2.10. The third kappa shape index (κ3) is 4.43. The molecule has 18 heavy (non-hydrogen) atoms. The van der Waals surface area contributed by atoms with E-state index in [0.29, 0.717) is 12.3 Å². The van der Waals surface area contributed by atoms with Crippen LogP contribution >= 0.6 is 0 Å². The second-order valence-electron chi connectivity index (χ2n) is 4.91. The summed E-state index contributed by atoms with van der Waals surface area (Å²) >= 11 is 0. The number of allylic oxidation sites excluding steroid dienone is 2. The number of aromatic nitrogens is 3. The molecule has 1 heterocycles. The largest absolute Gasteiger partial charge is 0.294 e. The first kappa shape index (κ1) is 14.6. The maximum Gasteiger partial charge on any atom is 0.163 e. The molecule has 0 aromatic carbocycles. The number of hydrogen-bond donors (Lipinski definition) is 0. The molecule has 0 bridgehead atoms. The predicted molar refractivity (Wildman–Crippen MR) is 72.2 cm³/mol. The highest BCUT2D eigenvalue weighted by atomic mass is 16.1. The van der Waals surface area contributed by atoms with Gasteiger partial charge in [-0.3, -0.25) is 4.79 Å². The smallest absolute Gasteiger partial charge is 0.163 e. The zero-order valence-electron chi connectivity index (χ0n) is 11.8. The van der Waals surface area contributed by atoms with Gasteiger partial charge in [0, 0.05) is 6.54 Å². The molecule has 0 N–H and O–H groups in total. The Balaban J connectivity index is 2.70. The molecule has 0 amide bonds. The lowest BCUT2D eigenvalue weighted by Crippen LogP contribution is -2.13. The van der Waals surface area contributed by atoms with E-state index in [0.717, 1.165) is 25.2 Å². The quantitative estimate of drug-likeness (QED) is 0.698. The average Bonchev–Trinajstić information content (AvgIpc) is 2.72. The summed E-state index contributed by atoms with van der Waals surface area (Å²) in [6.45, 7) is 9.20. The summed E-state index contributed by atoms with van der Waals surface area (Å²) in [5.74, 6) is 1.38. The van der Waals surface area contributed by atoms with E-state index in [1.807, 2.05) is 4.68 Å². The Hall–Kier alpha value is -1.45. The summed E-state index contributed by atoms with van der Waals surface area (Å²) in [6.07, 6.45) is 5.49. The Kier molecular flexibility index (Phi) is 5.75. The summed E-state index contributed by atoms with van der Waals surface area (Å²) in [4.78, 5) is 16.1. The highest BCUT2D eigenvalue weighted by Crippen LogP contribution is 2.07. The monoisotopic (exact) mass is 249 g/mol. The molecule has 0 atom stereocenters. The van der Waals surface area contributed by atoms with E-state index in [-0.39, 0.29) is 5.78 Å². The molecule has 0 saturated carbocycles. The normalized spacial score (nSPS) is 10.7. The van der Waals surface area contributed by atoms with Crippen LogP contribution in [0.5, 0.6) is 0 Å². The van der Waals surface area contributed by atoms with Crippen LogP contribution in [0.25, 0.3) is 0 Å². The Bertz CT molecular complexity index is 412. The van der Waals surface area contributed by atoms with Crippen LogP contribution in [0.15, 0.2) is 18.0 Å². The van der Waals surface area contributed by atoms with Crippen molar-refractivity contribution in [2.24, 2.45) is 5.92 Å². The number of nitrogens with zero attached hydrogens (tertiary/aromatic N) is 3. The van der Waals surface area contributed by atoms with Gasteiger partial charge in [0.25, 0.3) is 0 Å². The summed E-state index contributed by atoms with van der Waals surface area (Å²) in [7, 11) is 0. The molecule has 0 radical (unpaired) electrons. The lowest BCUT2D eigenvalue weighted by molar-refractivity contribution is -0.114. The summed E-state index contributed by atoms with van der Waals surface area (Å²) in [5, 5.41) is 4.16. The van der Waals surface area contributed by atoms with Crippen LogP contribution in [0.2, 0.25) is 0 Å².